The van der Waals surface area contributed by atoms with E-state index in [-0.39, 0.29) is 11.3 Å². The number of aryl methyl sites for hydroxylation is 1. The number of ether oxygens (including phenoxy) is 1. The number of amides is 1. The number of anilines is 2. The van der Waals surface area contributed by atoms with Crippen LogP contribution in [0.4, 0.5) is 17.1 Å². The average molecular weight is 397 g/mol. The summed E-state index contributed by atoms with van der Waals surface area (Å²) in [7, 11) is 0. The molecule has 2 aromatic carbocycles. The van der Waals surface area contributed by atoms with Gasteiger partial charge in [-0.2, -0.15) is 0 Å². The Balaban J connectivity index is 1.72. The third kappa shape index (κ3) is 4.71. The zero-order valence-corrected chi connectivity index (χ0v) is 16.4. The molecule has 1 amide bonds. The normalized spacial score (nSPS) is 13.2. The van der Waals surface area contributed by atoms with Crippen LogP contribution >= 0.6 is 0 Å². The van der Waals surface area contributed by atoms with E-state index in [1.807, 2.05) is 30.9 Å². The van der Waals surface area contributed by atoms with Gasteiger partial charge in [-0.25, -0.2) is 4.79 Å². The highest BCUT2D eigenvalue weighted by Gasteiger charge is 2.24. The maximum absolute atomic E-state index is 12.6. The number of nitro benzene ring substituents is 1. The summed E-state index contributed by atoms with van der Waals surface area (Å²) in [5.74, 6) is -1.23. The predicted molar refractivity (Wildman–Crippen MR) is 109 cm³/mol. The van der Waals surface area contributed by atoms with Crippen LogP contribution < -0.4 is 10.2 Å². The Hall–Kier alpha value is -3.42. The van der Waals surface area contributed by atoms with E-state index in [2.05, 4.69) is 5.32 Å². The number of nitrogens with zero attached hydrogens (tertiary/aromatic N) is 2. The molecule has 0 spiro atoms. The summed E-state index contributed by atoms with van der Waals surface area (Å²) in [5.41, 5.74) is 3.11. The van der Waals surface area contributed by atoms with Gasteiger partial charge in [-0.15, -0.1) is 0 Å². The van der Waals surface area contributed by atoms with E-state index in [4.69, 9.17) is 4.74 Å². The van der Waals surface area contributed by atoms with Gasteiger partial charge < -0.3 is 15.0 Å². The molecule has 1 heterocycles. The Bertz CT molecular complexity index is 951. The molecule has 1 aliphatic rings. The zero-order valence-electron chi connectivity index (χ0n) is 16.4. The van der Waals surface area contributed by atoms with Gasteiger partial charge in [0.25, 0.3) is 11.6 Å². The predicted octanol–water partition coefficient (Wildman–Crippen LogP) is 3.61. The first-order valence-corrected chi connectivity index (χ1v) is 9.43. The van der Waals surface area contributed by atoms with E-state index < -0.39 is 23.4 Å². The van der Waals surface area contributed by atoms with Gasteiger partial charge in [0.05, 0.1) is 16.2 Å². The second-order valence-electron chi connectivity index (χ2n) is 7.02. The molecular weight excluding hydrogens is 374 g/mol. The number of nitro groups is 1. The van der Waals surface area contributed by atoms with Crippen molar-refractivity contribution in [1.82, 2.24) is 0 Å². The molecule has 0 unspecified atom stereocenters. The molecule has 0 radical (unpaired) electrons. The summed E-state index contributed by atoms with van der Waals surface area (Å²) in [6.45, 7) is 4.89. The summed E-state index contributed by atoms with van der Waals surface area (Å²) in [6, 6.07) is 9.68. The minimum absolute atomic E-state index is 0.0978. The number of carbonyl (C=O) groups excluding carboxylic acids is 2. The molecule has 8 nitrogen and oxygen atoms in total. The summed E-state index contributed by atoms with van der Waals surface area (Å²) >= 11 is 0. The lowest BCUT2D eigenvalue weighted by molar-refractivity contribution is -0.384. The Kier molecular flexibility index (Phi) is 6.11. The van der Waals surface area contributed by atoms with Gasteiger partial charge in [0.1, 0.15) is 0 Å². The fourth-order valence-electron chi connectivity index (χ4n) is 3.32. The maximum Gasteiger partial charge on any atom is 0.341 e. The number of nitrogens with one attached hydrogen (secondary N) is 1. The number of hydrogen-bond acceptors (Lipinski definition) is 6. The summed E-state index contributed by atoms with van der Waals surface area (Å²) < 4.78 is 5.17. The Morgan fingerprint density at radius 3 is 2.59 bits per heavy atom. The summed E-state index contributed by atoms with van der Waals surface area (Å²) in [6.07, 6.45) is 1.98. The standard InChI is InChI=1S/C21H23N3O5/c1-14-6-5-7-18(15(14)2)22-20(25)13-29-21(26)17-12-16(24(27)28)8-9-19(17)23-10-3-4-11-23/h5-9,12H,3-4,10-11,13H2,1-2H3,(H,22,25). The van der Waals surface area contributed by atoms with E-state index in [1.54, 1.807) is 12.1 Å². The first-order chi connectivity index (χ1) is 13.9. The molecule has 1 fully saturated rings. The molecule has 8 heteroatoms. The van der Waals surface area contributed by atoms with E-state index in [0.717, 1.165) is 37.1 Å². The Morgan fingerprint density at radius 1 is 1.17 bits per heavy atom. The van der Waals surface area contributed by atoms with Gasteiger partial charge in [-0.05, 0) is 49.9 Å². The Morgan fingerprint density at radius 2 is 1.90 bits per heavy atom. The van der Waals surface area contributed by atoms with Crippen molar-refractivity contribution in [2.75, 3.05) is 29.9 Å². The molecule has 0 aliphatic carbocycles. The molecule has 1 aliphatic heterocycles. The van der Waals surface area contributed by atoms with Crippen molar-refractivity contribution >= 4 is 28.9 Å². The van der Waals surface area contributed by atoms with Crippen LogP contribution in [0.3, 0.4) is 0 Å². The Labute approximate surface area is 168 Å². The highest BCUT2D eigenvalue weighted by atomic mass is 16.6. The third-order valence-corrected chi connectivity index (χ3v) is 5.07. The molecule has 1 saturated heterocycles. The highest BCUT2D eigenvalue weighted by molar-refractivity contribution is 5.99. The number of carbonyl (C=O) groups is 2. The molecule has 0 saturated carbocycles. The topological polar surface area (TPSA) is 102 Å². The van der Waals surface area contributed by atoms with Crippen LogP contribution in [0.1, 0.15) is 34.3 Å². The van der Waals surface area contributed by atoms with Crippen LogP contribution in [-0.2, 0) is 9.53 Å². The number of rotatable bonds is 6. The third-order valence-electron chi connectivity index (χ3n) is 5.07. The van der Waals surface area contributed by atoms with Crippen molar-refractivity contribution in [2.24, 2.45) is 0 Å². The molecule has 2 aromatic rings. The second kappa shape index (κ2) is 8.72. The lowest BCUT2D eigenvalue weighted by atomic mass is 10.1. The van der Waals surface area contributed by atoms with Crippen molar-refractivity contribution in [3.63, 3.8) is 0 Å². The van der Waals surface area contributed by atoms with Crippen LogP contribution in [0.2, 0.25) is 0 Å². The molecule has 1 N–H and O–H groups in total. The van der Waals surface area contributed by atoms with Gasteiger partial charge in [-0.1, -0.05) is 12.1 Å². The number of benzene rings is 2. The molecule has 29 heavy (non-hydrogen) atoms. The van der Waals surface area contributed by atoms with Crippen molar-refractivity contribution in [2.45, 2.75) is 26.7 Å². The van der Waals surface area contributed by atoms with Crippen LogP contribution in [0.25, 0.3) is 0 Å². The highest BCUT2D eigenvalue weighted by Crippen LogP contribution is 2.29. The van der Waals surface area contributed by atoms with Crippen LogP contribution in [0.5, 0.6) is 0 Å². The number of non-ortho nitro benzene ring substituents is 1. The SMILES string of the molecule is Cc1cccc(NC(=O)COC(=O)c2cc([N+](=O)[O-])ccc2N2CCCC2)c1C. The van der Waals surface area contributed by atoms with Crippen LogP contribution in [-0.4, -0.2) is 36.5 Å². The van der Waals surface area contributed by atoms with Gasteiger partial charge in [0.2, 0.25) is 0 Å². The van der Waals surface area contributed by atoms with E-state index in [1.165, 1.54) is 12.1 Å². The quantitative estimate of drug-likeness (QED) is 0.454. The summed E-state index contributed by atoms with van der Waals surface area (Å²) in [5, 5.41) is 13.8. The molecule has 0 atom stereocenters. The van der Waals surface area contributed by atoms with E-state index >= 15 is 0 Å². The van der Waals surface area contributed by atoms with Crippen molar-refractivity contribution in [3.8, 4) is 0 Å². The lowest BCUT2D eigenvalue weighted by Gasteiger charge is -2.20. The fraction of sp³-hybridized carbons (Fsp3) is 0.333. The molecular formula is C21H23N3O5. The van der Waals surface area contributed by atoms with Crippen molar-refractivity contribution in [3.05, 3.63) is 63.2 Å². The van der Waals surface area contributed by atoms with Gasteiger partial charge >= 0.3 is 5.97 Å². The fourth-order valence-corrected chi connectivity index (χ4v) is 3.32. The van der Waals surface area contributed by atoms with E-state index in [9.17, 15) is 19.7 Å². The van der Waals surface area contributed by atoms with Crippen molar-refractivity contribution in [1.29, 1.82) is 0 Å². The maximum atomic E-state index is 12.6. The minimum atomic E-state index is -0.758. The summed E-state index contributed by atoms with van der Waals surface area (Å²) in [4.78, 5) is 37.4. The molecule has 152 valence electrons. The molecule has 0 bridgehead atoms. The average Bonchev–Trinajstić information content (AvgIpc) is 3.24. The van der Waals surface area contributed by atoms with Gasteiger partial charge in [-0.3, -0.25) is 14.9 Å². The number of hydrogen-bond donors (Lipinski definition) is 1. The van der Waals surface area contributed by atoms with Crippen LogP contribution in [0, 0.1) is 24.0 Å². The minimum Gasteiger partial charge on any atom is -0.452 e. The monoisotopic (exact) mass is 397 g/mol. The number of esters is 1. The van der Waals surface area contributed by atoms with Crippen molar-refractivity contribution < 1.29 is 19.2 Å². The largest absolute Gasteiger partial charge is 0.452 e. The zero-order chi connectivity index (χ0) is 21.0. The molecule has 3 rings (SSSR count). The van der Waals surface area contributed by atoms with Gasteiger partial charge in [0, 0.05) is 30.9 Å². The first kappa shape index (κ1) is 20.3. The van der Waals surface area contributed by atoms with E-state index in [0.29, 0.717) is 11.4 Å². The van der Waals surface area contributed by atoms with Gasteiger partial charge in [0.15, 0.2) is 6.61 Å². The molecule has 0 aromatic heterocycles. The first-order valence-electron chi connectivity index (χ1n) is 9.43. The second-order valence-corrected chi connectivity index (χ2v) is 7.02. The lowest BCUT2D eigenvalue weighted by Crippen LogP contribution is -2.24. The van der Waals surface area contributed by atoms with Crippen LogP contribution in [0.15, 0.2) is 36.4 Å². The smallest absolute Gasteiger partial charge is 0.341 e.